The largest absolute Gasteiger partial charge is 0.462 e. The first-order chi connectivity index (χ1) is 47.7. The van der Waals surface area contributed by atoms with E-state index in [1.165, 1.54) is 276 Å². The van der Waals surface area contributed by atoms with Crippen LogP contribution in [0.1, 0.15) is 484 Å². The molecule has 0 aromatic heterocycles. The molecule has 0 aromatic carbocycles. The second-order valence-electron chi connectivity index (χ2n) is 29.7. The zero-order valence-electron chi connectivity index (χ0n) is 65.1. The van der Waals surface area contributed by atoms with Gasteiger partial charge in [-0.05, 0) is 32.1 Å². The summed E-state index contributed by atoms with van der Waals surface area (Å²) in [5.74, 6) is -2.94. The molecule has 0 fully saturated rings. The van der Waals surface area contributed by atoms with Gasteiger partial charge in [-0.25, -0.2) is 0 Å². The predicted molar refractivity (Wildman–Crippen MR) is 408 cm³/mol. The van der Waals surface area contributed by atoms with Crippen LogP contribution in [-0.2, 0) is 52.5 Å². The van der Waals surface area contributed by atoms with Crippen molar-refractivity contribution in [3.63, 3.8) is 0 Å². The minimum atomic E-state index is -1.69. The zero-order valence-corrected chi connectivity index (χ0v) is 65.1. The van der Waals surface area contributed by atoms with Gasteiger partial charge in [-0.2, -0.15) is 0 Å². The van der Waals surface area contributed by atoms with Crippen molar-refractivity contribution < 1.29 is 52.5 Å². The monoisotopic (exact) mass is 1370 g/mol. The number of carbonyl (C=O) groups excluding carboxylic acids is 6. The first-order valence-electron chi connectivity index (χ1n) is 43.1. The molecule has 0 unspecified atom stereocenters. The number of rotatable bonds is 80. The van der Waals surface area contributed by atoms with Gasteiger partial charge in [-0.1, -0.05) is 420 Å². The Morgan fingerprint density at radius 3 is 0.608 bits per heavy atom. The molecule has 0 radical (unpaired) electrons. The molecule has 572 valence electrons. The van der Waals surface area contributed by atoms with Crippen LogP contribution in [0.15, 0.2) is 0 Å². The van der Waals surface area contributed by atoms with Gasteiger partial charge < -0.3 is 23.7 Å². The van der Waals surface area contributed by atoms with Gasteiger partial charge in [0.2, 0.25) is 0 Å². The Hall–Kier alpha value is -2.98. The summed E-state index contributed by atoms with van der Waals surface area (Å²) in [6.07, 6.45) is 69.3. The van der Waals surface area contributed by atoms with E-state index in [0.717, 1.165) is 109 Å². The van der Waals surface area contributed by atoms with Crippen molar-refractivity contribution in [1.29, 1.82) is 0 Å². The minimum Gasteiger partial charge on any atom is -0.462 e. The van der Waals surface area contributed by atoms with Crippen molar-refractivity contribution in [1.82, 2.24) is 0 Å². The predicted octanol–water partition coefficient (Wildman–Crippen LogP) is 26.8. The third-order valence-corrected chi connectivity index (χ3v) is 20.1. The molecule has 0 heterocycles. The van der Waals surface area contributed by atoms with Gasteiger partial charge in [0, 0.05) is 32.1 Å². The van der Waals surface area contributed by atoms with Gasteiger partial charge in [0.15, 0.2) is 30.7 Å². The summed E-state index contributed by atoms with van der Waals surface area (Å²) in [7, 11) is 0. The molecule has 0 N–H and O–H groups in total. The number of esters is 5. The molecule has 0 aliphatic carbocycles. The lowest BCUT2D eigenvalue weighted by Gasteiger charge is -2.34. The molecule has 4 atom stereocenters. The summed E-state index contributed by atoms with van der Waals surface area (Å²) >= 11 is 0. The fourth-order valence-electron chi connectivity index (χ4n) is 13.6. The van der Waals surface area contributed by atoms with Crippen LogP contribution in [0, 0.1) is 0 Å². The highest BCUT2D eigenvalue weighted by molar-refractivity contribution is 5.75. The topological polar surface area (TPSA) is 149 Å². The Morgan fingerprint density at radius 2 is 0.392 bits per heavy atom. The van der Waals surface area contributed by atoms with Crippen LogP contribution < -0.4 is 0 Å². The number of aldehydes is 1. The number of carbonyl (C=O) groups is 6. The Balaban J connectivity index is 6.64. The molecular weight excluding hydrogens is 1210 g/mol. The second kappa shape index (κ2) is 77.2. The van der Waals surface area contributed by atoms with Crippen LogP contribution in [0.2, 0.25) is 0 Å². The van der Waals surface area contributed by atoms with E-state index < -0.39 is 60.9 Å². The fourth-order valence-corrected chi connectivity index (χ4v) is 13.6. The van der Waals surface area contributed by atoms with Gasteiger partial charge in [0.1, 0.15) is 6.61 Å². The first-order valence-corrected chi connectivity index (χ1v) is 43.1. The normalized spacial score (nSPS) is 12.7. The third-order valence-electron chi connectivity index (χ3n) is 20.1. The molecule has 0 saturated heterocycles. The quantitative estimate of drug-likeness (QED) is 0.0248. The number of hydrogen-bond acceptors (Lipinski definition) is 11. The van der Waals surface area contributed by atoms with Gasteiger partial charge in [0.05, 0.1) is 0 Å². The standard InChI is InChI=1S/C86H162O11/c1-6-11-16-21-26-31-36-41-46-51-56-61-66-71-80(88)93-77-79(95-82(90)73-68-63-58-53-48-43-38-33-28-23-18-13-8-3)86(97-84(92)75-70-65-60-55-50-45-40-35-30-25-20-15-10-5)85(96-83(91)74-69-64-59-54-49-44-39-34-29-24-19-14-9-4)78(76-87)94-81(89)72-67-62-57-52-47-42-37-32-27-22-17-12-7-2/h76,78-79,85-86H,6-75,77H2,1-5H3/t78-,79+,85+,86-/m0/s1. The SMILES string of the molecule is CCCCCCCCCCCCCCCC(=O)OC[C@@H](OC(=O)CCCCCCCCCCCCCCC)[C@H](OC(=O)CCCCCCCCCCCCCCC)[C@H](OC(=O)CCCCCCCCCCCCCCC)[C@H](C=O)OC(=O)CCCCCCCCCCCCCCC. The van der Waals surface area contributed by atoms with Crippen LogP contribution in [0.4, 0.5) is 0 Å². The summed E-state index contributed by atoms with van der Waals surface area (Å²) in [5.41, 5.74) is 0. The summed E-state index contributed by atoms with van der Waals surface area (Å²) < 4.78 is 30.8. The smallest absolute Gasteiger partial charge is 0.306 e. The Kier molecular flexibility index (Phi) is 74.8. The van der Waals surface area contributed by atoms with E-state index in [1.54, 1.807) is 0 Å². The Labute approximate surface area is 600 Å². The molecule has 0 spiro atoms. The van der Waals surface area contributed by atoms with Crippen molar-refractivity contribution in [2.75, 3.05) is 6.61 Å². The van der Waals surface area contributed by atoms with Crippen LogP contribution in [0.5, 0.6) is 0 Å². The van der Waals surface area contributed by atoms with E-state index in [1.807, 2.05) is 0 Å². The maximum absolute atomic E-state index is 14.3. The minimum absolute atomic E-state index is 0.0317. The lowest BCUT2D eigenvalue weighted by molar-refractivity contribution is -0.204. The second-order valence-corrected chi connectivity index (χ2v) is 29.7. The van der Waals surface area contributed by atoms with E-state index in [-0.39, 0.29) is 32.1 Å². The maximum Gasteiger partial charge on any atom is 0.306 e. The maximum atomic E-state index is 14.3. The van der Waals surface area contributed by atoms with Gasteiger partial charge in [-0.15, -0.1) is 0 Å². The van der Waals surface area contributed by atoms with Crippen molar-refractivity contribution in [2.45, 2.75) is 508 Å². The fraction of sp³-hybridized carbons (Fsp3) is 0.930. The lowest BCUT2D eigenvalue weighted by Crippen LogP contribution is -2.54. The van der Waals surface area contributed by atoms with Gasteiger partial charge in [-0.3, -0.25) is 28.8 Å². The molecule has 11 heteroatoms. The molecule has 97 heavy (non-hydrogen) atoms. The van der Waals surface area contributed by atoms with E-state index in [0.29, 0.717) is 38.4 Å². The van der Waals surface area contributed by atoms with Crippen molar-refractivity contribution in [3.8, 4) is 0 Å². The van der Waals surface area contributed by atoms with Crippen molar-refractivity contribution >= 4 is 36.1 Å². The van der Waals surface area contributed by atoms with Gasteiger partial charge >= 0.3 is 29.8 Å². The van der Waals surface area contributed by atoms with Crippen LogP contribution in [0.3, 0.4) is 0 Å². The van der Waals surface area contributed by atoms with E-state index in [2.05, 4.69) is 34.6 Å². The molecule has 0 aliphatic rings. The average Bonchev–Trinajstić information content (AvgIpc) is 0.835. The molecule has 0 amide bonds. The van der Waals surface area contributed by atoms with E-state index in [4.69, 9.17) is 23.7 Å². The summed E-state index contributed by atoms with van der Waals surface area (Å²) in [6.45, 7) is 10.8. The lowest BCUT2D eigenvalue weighted by atomic mass is 10.0. The summed E-state index contributed by atoms with van der Waals surface area (Å²) in [6, 6.07) is 0. The highest BCUT2D eigenvalue weighted by atomic mass is 16.6. The highest BCUT2D eigenvalue weighted by Gasteiger charge is 2.45. The molecule has 0 aromatic rings. The molecule has 0 aliphatic heterocycles. The van der Waals surface area contributed by atoms with Crippen molar-refractivity contribution in [3.05, 3.63) is 0 Å². The summed E-state index contributed by atoms with van der Waals surface area (Å²) in [4.78, 5) is 83.8. The molecule has 0 saturated carbocycles. The van der Waals surface area contributed by atoms with Crippen LogP contribution >= 0.6 is 0 Å². The Bertz CT molecular complexity index is 1700. The number of unbranched alkanes of at least 4 members (excludes halogenated alkanes) is 60. The average molecular weight is 1370 g/mol. The van der Waals surface area contributed by atoms with Crippen LogP contribution in [-0.4, -0.2) is 67.2 Å². The highest BCUT2D eigenvalue weighted by Crippen LogP contribution is 2.25. The molecular formula is C86H162O11. The van der Waals surface area contributed by atoms with E-state index in [9.17, 15) is 28.8 Å². The number of hydrogen-bond donors (Lipinski definition) is 0. The van der Waals surface area contributed by atoms with Crippen molar-refractivity contribution in [2.24, 2.45) is 0 Å². The van der Waals surface area contributed by atoms with E-state index >= 15 is 0 Å². The summed E-state index contributed by atoms with van der Waals surface area (Å²) in [5, 5.41) is 0. The molecule has 0 rings (SSSR count). The molecule has 11 nitrogen and oxygen atoms in total. The Morgan fingerprint density at radius 1 is 0.216 bits per heavy atom. The molecule has 0 bridgehead atoms. The zero-order chi connectivity index (χ0) is 70.6. The van der Waals surface area contributed by atoms with Gasteiger partial charge in [0.25, 0.3) is 0 Å². The number of ether oxygens (including phenoxy) is 5. The third kappa shape index (κ3) is 67.3. The first kappa shape index (κ1) is 94.0. The van der Waals surface area contributed by atoms with Crippen LogP contribution in [0.25, 0.3) is 0 Å².